The van der Waals surface area contributed by atoms with Crippen molar-refractivity contribution in [2.24, 2.45) is 0 Å². The molecule has 0 saturated carbocycles. The van der Waals surface area contributed by atoms with Crippen LogP contribution in [-0.4, -0.2) is 0 Å². The van der Waals surface area contributed by atoms with Gasteiger partial charge in [0.1, 0.15) is 23.0 Å². The van der Waals surface area contributed by atoms with E-state index in [-0.39, 0.29) is 26.7 Å². The number of ether oxygens (including phenoxy) is 2. The van der Waals surface area contributed by atoms with Crippen molar-refractivity contribution in [2.45, 2.75) is 0 Å². The van der Waals surface area contributed by atoms with E-state index in [9.17, 15) is 9.59 Å². The van der Waals surface area contributed by atoms with Crippen molar-refractivity contribution in [3.8, 4) is 23.0 Å². The Kier molecular flexibility index (Phi) is 5.51. The molecule has 6 heteroatoms. The van der Waals surface area contributed by atoms with Gasteiger partial charge in [-0.25, -0.2) is 0 Å². The van der Waals surface area contributed by atoms with Gasteiger partial charge in [-0.15, -0.1) is 0 Å². The van der Waals surface area contributed by atoms with Gasteiger partial charge in [-0.3, -0.25) is 9.59 Å². The average Bonchev–Trinajstić information content (AvgIpc) is 2.95. The molecular formula is C32H20O4P2. The Hall–Kier alpha value is -4.36. The number of rotatable bonds is 4. The summed E-state index contributed by atoms with van der Waals surface area (Å²) >= 11 is 0. The molecule has 0 saturated heterocycles. The van der Waals surface area contributed by atoms with Crippen LogP contribution in [0.2, 0.25) is 0 Å². The van der Waals surface area contributed by atoms with Crippen molar-refractivity contribution in [3.05, 3.63) is 129 Å². The normalized spacial score (nSPS) is 11.8. The quantitative estimate of drug-likeness (QED) is 0.214. The summed E-state index contributed by atoms with van der Waals surface area (Å²) in [5, 5.41) is 7.64. The van der Waals surface area contributed by atoms with Gasteiger partial charge in [0.25, 0.3) is 0 Å². The maximum Gasteiger partial charge on any atom is 0.201 e. The van der Waals surface area contributed by atoms with Crippen molar-refractivity contribution in [2.75, 3.05) is 0 Å². The van der Waals surface area contributed by atoms with E-state index >= 15 is 0 Å². The average molecular weight is 530 g/mol. The van der Waals surface area contributed by atoms with Crippen LogP contribution in [0.1, 0.15) is 0 Å². The van der Waals surface area contributed by atoms with E-state index in [0.29, 0.717) is 23.0 Å². The zero-order chi connectivity index (χ0) is 25.6. The smallest absolute Gasteiger partial charge is 0.201 e. The minimum Gasteiger partial charge on any atom is -0.456 e. The van der Waals surface area contributed by atoms with E-state index in [1.54, 1.807) is 0 Å². The standard InChI is InChI=1S/C32H20O4P2/c33-31-25-9-3-1-7-21(25)23-11-5-13-27(29(23)37-31)35-19-15-17-20(18-16-19)36-28-14-6-12-24-22-8-2-4-10-26(22)32(34)38-30(24)28/h1-18,37-38H. The molecule has 38 heavy (non-hydrogen) atoms. The fraction of sp³-hybridized carbons (Fsp3) is 0. The molecule has 0 aliphatic carbocycles. The summed E-state index contributed by atoms with van der Waals surface area (Å²) in [4.78, 5) is 25.6. The van der Waals surface area contributed by atoms with Crippen LogP contribution in [0, 0.1) is 0 Å². The molecule has 182 valence electrons. The van der Waals surface area contributed by atoms with Gasteiger partial charge in [0.2, 0.25) is 10.3 Å². The molecule has 0 N–H and O–H groups in total. The Morgan fingerprint density at radius 2 is 0.763 bits per heavy atom. The molecule has 5 aromatic carbocycles. The van der Waals surface area contributed by atoms with Gasteiger partial charge >= 0.3 is 0 Å². The molecule has 2 aromatic heterocycles. The number of fused-ring (bicyclic) bond motifs is 6. The van der Waals surface area contributed by atoms with Crippen LogP contribution in [0.15, 0.2) is 119 Å². The highest BCUT2D eigenvalue weighted by atomic mass is 31.0. The van der Waals surface area contributed by atoms with Crippen LogP contribution in [0.5, 0.6) is 23.0 Å². The minimum absolute atomic E-state index is 0.0152. The van der Waals surface area contributed by atoms with Crippen LogP contribution < -0.4 is 19.8 Å². The molecular weight excluding hydrogens is 510 g/mol. The maximum atomic E-state index is 12.8. The highest BCUT2D eigenvalue weighted by Gasteiger charge is 2.11. The molecule has 0 radical (unpaired) electrons. The lowest BCUT2D eigenvalue weighted by molar-refractivity contribution is 0.475. The molecule has 0 aliphatic heterocycles. The van der Waals surface area contributed by atoms with E-state index in [4.69, 9.17) is 9.47 Å². The molecule has 0 amide bonds. The summed E-state index contributed by atoms with van der Waals surface area (Å²) in [6.07, 6.45) is 0. The molecule has 2 atom stereocenters. The van der Waals surface area contributed by atoms with Gasteiger partial charge in [0.15, 0.2) is 0 Å². The molecule has 2 heterocycles. The van der Waals surface area contributed by atoms with Crippen LogP contribution >= 0.6 is 16.4 Å². The van der Waals surface area contributed by atoms with E-state index in [0.717, 1.165) is 42.6 Å². The molecule has 0 bridgehead atoms. The van der Waals surface area contributed by atoms with Gasteiger partial charge in [-0.1, -0.05) is 89.2 Å². The van der Waals surface area contributed by atoms with Gasteiger partial charge in [0, 0.05) is 21.0 Å². The maximum absolute atomic E-state index is 12.8. The van der Waals surface area contributed by atoms with Crippen LogP contribution in [0.3, 0.4) is 0 Å². The first-order chi connectivity index (χ1) is 18.7. The highest BCUT2D eigenvalue weighted by Crippen LogP contribution is 2.39. The monoisotopic (exact) mass is 530 g/mol. The molecule has 7 rings (SSSR count). The van der Waals surface area contributed by atoms with E-state index in [2.05, 4.69) is 0 Å². The molecule has 0 aliphatic rings. The highest BCUT2D eigenvalue weighted by molar-refractivity contribution is 7.36. The Morgan fingerprint density at radius 1 is 0.395 bits per heavy atom. The second-order valence-corrected chi connectivity index (χ2v) is 11.4. The van der Waals surface area contributed by atoms with Gasteiger partial charge in [0.05, 0.1) is 0 Å². The summed E-state index contributed by atoms with van der Waals surface area (Å²) in [5.41, 5.74) is 0. The van der Waals surface area contributed by atoms with Crippen LogP contribution in [0.25, 0.3) is 42.6 Å². The van der Waals surface area contributed by atoms with Crippen LogP contribution in [0.4, 0.5) is 0 Å². The predicted octanol–water partition coefficient (Wildman–Crippen LogP) is 8.67. The number of hydrogen-bond donors (Lipinski definition) is 0. The second kappa shape index (κ2) is 9.19. The summed E-state index contributed by atoms with van der Waals surface area (Å²) in [5.74, 6) is 2.69. The van der Waals surface area contributed by atoms with E-state index < -0.39 is 0 Å². The SMILES string of the molecule is O=c1[pH]c2c(Oc3ccc(Oc4cccc5c4[pH]c(=O)c4ccccc45)cc3)cccc2c2ccccc12. The van der Waals surface area contributed by atoms with Gasteiger partial charge in [-0.05, 0) is 57.9 Å². The largest absolute Gasteiger partial charge is 0.456 e. The number of hydrogen-bond acceptors (Lipinski definition) is 4. The third kappa shape index (κ3) is 3.87. The third-order valence-corrected chi connectivity index (χ3v) is 9.26. The summed E-state index contributed by atoms with van der Waals surface area (Å²) in [6.45, 7) is 0. The van der Waals surface area contributed by atoms with Crippen molar-refractivity contribution in [3.63, 3.8) is 0 Å². The topological polar surface area (TPSA) is 52.6 Å². The van der Waals surface area contributed by atoms with Crippen LogP contribution in [-0.2, 0) is 0 Å². The van der Waals surface area contributed by atoms with Gasteiger partial charge in [-0.2, -0.15) is 0 Å². The zero-order valence-electron chi connectivity index (χ0n) is 20.0. The van der Waals surface area contributed by atoms with Crippen molar-refractivity contribution < 1.29 is 9.47 Å². The summed E-state index contributed by atoms with van der Waals surface area (Å²) in [7, 11) is 0.0303. The molecule has 4 nitrogen and oxygen atoms in total. The first kappa shape index (κ1) is 22.8. The Bertz CT molecular complexity index is 1970. The first-order valence-electron chi connectivity index (χ1n) is 12.2. The Balaban J connectivity index is 1.22. The lowest BCUT2D eigenvalue weighted by atomic mass is 10.1. The first-order valence-corrected chi connectivity index (χ1v) is 14.2. The third-order valence-electron chi connectivity index (χ3n) is 6.73. The van der Waals surface area contributed by atoms with Crippen molar-refractivity contribution in [1.82, 2.24) is 0 Å². The second-order valence-electron chi connectivity index (χ2n) is 9.03. The molecule has 0 fully saturated rings. The molecule has 2 unspecified atom stereocenters. The lowest BCUT2D eigenvalue weighted by Gasteiger charge is -2.12. The summed E-state index contributed by atoms with van der Waals surface area (Å²) < 4.78 is 12.5. The predicted molar refractivity (Wildman–Crippen MR) is 161 cm³/mol. The Labute approximate surface area is 220 Å². The lowest BCUT2D eigenvalue weighted by Crippen LogP contribution is -1.95. The van der Waals surface area contributed by atoms with Crippen molar-refractivity contribution in [1.29, 1.82) is 0 Å². The fourth-order valence-electron chi connectivity index (χ4n) is 4.96. The molecule has 7 aromatic rings. The molecule has 0 spiro atoms. The van der Waals surface area contributed by atoms with Gasteiger partial charge < -0.3 is 9.47 Å². The number of benzene rings is 5. The minimum atomic E-state index is 0.0152. The van der Waals surface area contributed by atoms with E-state index in [1.807, 2.05) is 109 Å². The summed E-state index contributed by atoms with van der Waals surface area (Å²) in [6, 6.07) is 34.7. The fourth-order valence-corrected chi connectivity index (χ4v) is 7.34. The van der Waals surface area contributed by atoms with E-state index in [1.165, 1.54) is 0 Å². The zero-order valence-corrected chi connectivity index (χ0v) is 22.0. The Morgan fingerprint density at radius 3 is 1.18 bits per heavy atom. The van der Waals surface area contributed by atoms with Crippen molar-refractivity contribution >= 4 is 58.9 Å².